The lowest BCUT2D eigenvalue weighted by molar-refractivity contribution is -0.139. The largest absolute Gasteiger partial charge is 0.478 e. The smallest absolute Gasteiger partial charge is 0.419 e. The molecule has 0 saturated carbocycles. The van der Waals surface area contributed by atoms with Crippen molar-refractivity contribution < 1.29 is 27.5 Å². The van der Waals surface area contributed by atoms with Crippen molar-refractivity contribution in [2.24, 2.45) is 0 Å². The fourth-order valence-corrected chi connectivity index (χ4v) is 1.98. The van der Waals surface area contributed by atoms with E-state index in [1.165, 1.54) is 24.3 Å². The first-order chi connectivity index (χ1) is 9.70. The molecular weight excluding hydrogens is 288 g/mol. The van der Waals surface area contributed by atoms with Crippen molar-refractivity contribution in [2.45, 2.75) is 13.1 Å². The Balaban J connectivity index is 2.62. The molecule has 21 heavy (non-hydrogen) atoms. The van der Waals surface area contributed by atoms with Crippen molar-refractivity contribution in [3.63, 3.8) is 0 Å². The summed E-state index contributed by atoms with van der Waals surface area (Å²) in [5.41, 5.74) is -0.391. The highest BCUT2D eigenvalue weighted by Gasteiger charge is 2.34. The maximum Gasteiger partial charge on any atom is 0.419 e. The van der Waals surface area contributed by atoms with E-state index in [1.54, 1.807) is 6.92 Å². The lowest BCUT2D eigenvalue weighted by atomic mass is 9.96. The third kappa shape index (κ3) is 3.04. The van der Waals surface area contributed by atoms with Gasteiger partial charge in [0, 0.05) is 0 Å². The van der Waals surface area contributed by atoms with Gasteiger partial charge in [-0.3, -0.25) is 0 Å². The standard InChI is InChI=1S/C15H10F4O2/c1-8-2-3-10(14(20)21)6-11(8)9-4-5-13(16)12(7-9)15(17,18)19/h2-7H,1H3,(H,20,21). The molecule has 0 aromatic heterocycles. The Morgan fingerprint density at radius 2 is 1.76 bits per heavy atom. The van der Waals surface area contributed by atoms with Gasteiger partial charge in [0.1, 0.15) is 5.82 Å². The van der Waals surface area contributed by atoms with Crippen LogP contribution in [-0.2, 0) is 6.18 Å². The molecule has 6 heteroatoms. The molecule has 0 heterocycles. The molecule has 2 aromatic carbocycles. The minimum atomic E-state index is -4.81. The first-order valence-electron chi connectivity index (χ1n) is 5.91. The zero-order valence-electron chi connectivity index (χ0n) is 10.8. The Bertz CT molecular complexity index is 705. The number of benzene rings is 2. The van der Waals surface area contributed by atoms with Crippen molar-refractivity contribution in [3.05, 3.63) is 58.9 Å². The summed E-state index contributed by atoms with van der Waals surface area (Å²) in [6.07, 6.45) is -4.81. The van der Waals surface area contributed by atoms with Gasteiger partial charge in [0.2, 0.25) is 0 Å². The van der Waals surface area contributed by atoms with Crippen LogP contribution in [0.5, 0.6) is 0 Å². The summed E-state index contributed by atoms with van der Waals surface area (Å²) in [6.45, 7) is 1.64. The average Bonchev–Trinajstić information content (AvgIpc) is 2.38. The number of alkyl halides is 3. The number of hydrogen-bond acceptors (Lipinski definition) is 1. The minimum absolute atomic E-state index is 0.0477. The lowest BCUT2D eigenvalue weighted by Gasteiger charge is -2.12. The fraction of sp³-hybridized carbons (Fsp3) is 0.133. The third-order valence-electron chi connectivity index (χ3n) is 3.07. The molecule has 0 bridgehead atoms. The molecule has 2 aromatic rings. The molecule has 1 N–H and O–H groups in total. The van der Waals surface area contributed by atoms with Gasteiger partial charge in [0.25, 0.3) is 0 Å². The summed E-state index contributed by atoms with van der Waals surface area (Å²) in [7, 11) is 0. The van der Waals surface area contributed by atoms with E-state index in [2.05, 4.69) is 0 Å². The number of aryl methyl sites for hydroxylation is 1. The molecule has 0 unspecified atom stereocenters. The van der Waals surface area contributed by atoms with Crippen LogP contribution in [0.4, 0.5) is 17.6 Å². The van der Waals surface area contributed by atoms with Gasteiger partial charge in [0.05, 0.1) is 11.1 Å². The fourth-order valence-electron chi connectivity index (χ4n) is 1.98. The van der Waals surface area contributed by atoms with E-state index in [4.69, 9.17) is 5.11 Å². The minimum Gasteiger partial charge on any atom is -0.478 e. The Hall–Kier alpha value is -2.37. The predicted molar refractivity (Wildman–Crippen MR) is 68.5 cm³/mol. The van der Waals surface area contributed by atoms with Crippen LogP contribution < -0.4 is 0 Å². The van der Waals surface area contributed by atoms with Gasteiger partial charge in [0.15, 0.2) is 0 Å². The Morgan fingerprint density at radius 3 is 2.33 bits per heavy atom. The van der Waals surface area contributed by atoms with Crippen molar-refractivity contribution in [3.8, 4) is 11.1 Å². The topological polar surface area (TPSA) is 37.3 Å². The van der Waals surface area contributed by atoms with Gasteiger partial charge in [-0.2, -0.15) is 13.2 Å². The summed E-state index contributed by atoms with van der Waals surface area (Å²) < 4.78 is 51.4. The Labute approximate surface area is 117 Å². The molecule has 2 nitrogen and oxygen atoms in total. The number of hydrogen-bond donors (Lipinski definition) is 1. The molecule has 2 rings (SSSR count). The molecule has 110 valence electrons. The number of carboxylic acid groups (broad SMARTS) is 1. The Kier molecular flexibility index (Phi) is 3.72. The maximum atomic E-state index is 13.3. The summed E-state index contributed by atoms with van der Waals surface area (Å²) in [6, 6.07) is 6.72. The van der Waals surface area contributed by atoms with Gasteiger partial charge in [-0.05, 0) is 47.9 Å². The highest BCUT2D eigenvalue weighted by molar-refractivity contribution is 5.90. The molecule has 0 amide bonds. The van der Waals surface area contributed by atoms with Crippen molar-refractivity contribution in [1.82, 2.24) is 0 Å². The predicted octanol–water partition coefficient (Wildman–Crippen LogP) is 4.52. The highest BCUT2D eigenvalue weighted by atomic mass is 19.4. The summed E-state index contributed by atoms with van der Waals surface area (Å²) in [5.74, 6) is -2.55. The quantitative estimate of drug-likeness (QED) is 0.828. The van der Waals surface area contributed by atoms with Gasteiger partial charge in [-0.25, -0.2) is 9.18 Å². The van der Waals surface area contributed by atoms with E-state index in [1.807, 2.05) is 0 Å². The molecular formula is C15H10F4O2. The molecule has 0 aliphatic rings. The third-order valence-corrected chi connectivity index (χ3v) is 3.07. The van der Waals surface area contributed by atoms with Crippen LogP contribution in [-0.4, -0.2) is 11.1 Å². The van der Waals surface area contributed by atoms with Gasteiger partial charge in [-0.1, -0.05) is 12.1 Å². The second-order valence-corrected chi connectivity index (χ2v) is 4.53. The SMILES string of the molecule is Cc1ccc(C(=O)O)cc1-c1ccc(F)c(C(F)(F)F)c1. The second-order valence-electron chi connectivity index (χ2n) is 4.53. The van der Waals surface area contributed by atoms with E-state index < -0.39 is 23.5 Å². The van der Waals surface area contributed by atoms with E-state index >= 15 is 0 Å². The van der Waals surface area contributed by atoms with Crippen molar-refractivity contribution in [2.75, 3.05) is 0 Å². The summed E-state index contributed by atoms with van der Waals surface area (Å²) >= 11 is 0. The lowest BCUT2D eigenvalue weighted by Crippen LogP contribution is -2.08. The summed E-state index contributed by atoms with van der Waals surface area (Å²) in [4.78, 5) is 10.9. The van der Waals surface area contributed by atoms with Crippen LogP contribution in [0.2, 0.25) is 0 Å². The van der Waals surface area contributed by atoms with Crippen LogP contribution >= 0.6 is 0 Å². The number of aromatic carboxylic acids is 1. The van der Waals surface area contributed by atoms with E-state index in [0.717, 1.165) is 6.07 Å². The van der Waals surface area contributed by atoms with Crippen LogP contribution in [0.1, 0.15) is 21.5 Å². The van der Waals surface area contributed by atoms with Crippen LogP contribution in [0.3, 0.4) is 0 Å². The van der Waals surface area contributed by atoms with E-state index in [-0.39, 0.29) is 11.1 Å². The van der Waals surface area contributed by atoms with E-state index in [9.17, 15) is 22.4 Å². The second kappa shape index (κ2) is 5.20. The molecule has 0 spiro atoms. The molecule has 0 aliphatic heterocycles. The van der Waals surface area contributed by atoms with Crippen molar-refractivity contribution >= 4 is 5.97 Å². The highest BCUT2D eigenvalue weighted by Crippen LogP contribution is 2.35. The number of carboxylic acids is 1. The number of rotatable bonds is 2. The average molecular weight is 298 g/mol. The normalized spacial score (nSPS) is 11.5. The van der Waals surface area contributed by atoms with E-state index in [0.29, 0.717) is 17.2 Å². The summed E-state index contributed by atoms with van der Waals surface area (Å²) in [5, 5.41) is 8.94. The van der Waals surface area contributed by atoms with Crippen molar-refractivity contribution in [1.29, 1.82) is 0 Å². The molecule has 0 atom stereocenters. The zero-order chi connectivity index (χ0) is 15.8. The molecule has 0 saturated heterocycles. The zero-order valence-corrected chi connectivity index (χ0v) is 10.8. The van der Waals surface area contributed by atoms with Crippen LogP contribution in [0.25, 0.3) is 11.1 Å². The first-order valence-corrected chi connectivity index (χ1v) is 5.91. The monoisotopic (exact) mass is 298 g/mol. The maximum absolute atomic E-state index is 13.3. The number of halogens is 4. The van der Waals surface area contributed by atoms with Gasteiger partial charge < -0.3 is 5.11 Å². The van der Waals surface area contributed by atoms with Crippen LogP contribution in [0.15, 0.2) is 36.4 Å². The Morgan fingerprint density at radius 1 is 1.10 bits per heavy atom. The molecule has 0 fully saturated rings. The van der Waals surface area contributed by atoms with Gasteiger partial charge in [-0.15, -0.1) is 0 Å². The number of carbonyl (C=O) groups is 1. The first kappa shape index (κ1) is 15.0. The van der Waals surface area contributed by atoms with Crippen LogP contribution in [0, 0.1) is 12.7 Å². The van der Waals surface area contributed by atoms with Gasteiger partial charge >= 0.3 is 12.1 Å². The molecule has 0 aliphatic carbocycles. The molecule has 0 radical (unpaired) electrons.